The van der Waals surface area contributed by atoms with Crippen molar-refractivity contribution in [3.05, 3.63) is 123 Å². The van der Waals surface area contributed by atoms with Gasteiger partial charge in [0.25, 0.3) is 11.8 Å². The lowest BCUT2D eigenvalue weighted by Gasteiger charge is -2.16. The summed E-state index contributed by atoms with van der Waals surface area (Å²) in [5.74, 6) is -1.51. The first kappa shape index (κ1) is 26.2. The van der Waals surface area contributed by atoms with Crippen molar-refractivity contribution in [2.24, 2.45) is 0 Å². The first-order valence-corrected chi connectivity index (χ1v) is 12.5. The number of ether oxygens (including phenoxy) is 2. The molecule has 1 aliphatic heterocycles. The van der Waals surface area contributed by atoms with Crippen molar-refractivity contribution in [2.45, 2.75) is 13.0 Å². The summed E-state index contributed by atoms with van der Waals surface area (Å²) in [7, 11) is 0. The van der Waals surface area contributed by atoms with Crippen LogP contribution in [0.3, 0.4) is 0 Å². The molecule has 0 aliphatic carbocycles. The van der Waals surface area contributed by atoms with E-state index in [4.69, 9.17) is 32.7 Å². The number of nitrogens with zero attached hydrogens (tertiary/aromatic N) is 1. The molecule has 1 aliphatic rings. The fourth-order valence-corrected chi connectivity index (χ4v) is 4.40. The standard InChI is InChI=1S/C30H19Cl2NO6/c1-17(27(34)18-5-3-2-4-6-18)38-30(37)19-7-13-23-24(15-19)29(36)33(28(23)35)21-10-14-26(25(32)16-21)39-22-11-8-20(31)9-12-22/h2-17H,1H3/t17-/m1/s1. The highest BCUT2D eigenvalue weighted by molar-refractivity contribution is 6.36. The van der Waals surface area contributed by atoms with E-state index in [2.05, 4.69) is 0 Å². The monoisotopic (exact) mass is 559 g/mol. The zero-order valence-electron chi connectivity index (χ0n) is 20.4. The minimum Gasteiger partial charge on any atom is -0.456 e. The number of amides is 2. The van der Waals surface area contributed by atoms with Crippen LogP contribution >= 0.6 is 23.2 Å². The van der Waals surface area contributed by atoms with Gasteiger partial charge < -0.3 is 9.47 Å². The molecule has 9 heteroatoms. The average Bonchev–Trinajstić information content (AvgIpc) is 3.19. The summed E-state index contributed by atoms with van der Waals surface area (Å²) in [5.41, 5.74) is 0.846. The van der Waals surface area contributed by atoms with Crippen LogP contribution in [0.5, 0.6) is 11.5 Å². The number of carbonyl (C=O) groups excluding carboxylic acids is 4. The number of Topliss-reactive ketones (excluding diaryl/α,β-unsaturated/α-hetero) is 1. The van der Waals surface area contributed by atoms with Crippen molar-refractivity contribution in [3.63, 3.8) is 0 Å². The molecule has 0 saturated heterocycles. The third-order valence-electron chi connectivity index (χ3n) is 6.05. The van der Waals surface area contributed by atoms with E-state index in [0.29, 0.717) is 22.1 Å². The van der Waals surface area contributed by atoms with Gasteiger partial charge >= 0.3 is 5.97 Å². The Morgan fingerprint density at radius 3 is 2.15 bits per heavy atom. The number of hydrogen-bond donors (Lipinski definition) is 0. The maximum atomic E-state index is 13.2. The lowest BCUT2D eigenvalue weighted by atomic mass is 10.1. The largest absolute Gasteiger partial charge is 0.456 e. The van der Waals surface area contributed by atoms with E-state index in [-0.39, 0.29) is 33.2 Å². The average molecular weight is 560 g/mol. The maximum Gasteiger partial charge on any atom is 0.338 e. The number of ketones is 1. The fraction of sp³-hybridized carbons (Fsp3) is 0.0667. The molecule has 7 nitrogen and oxygen atoms in total. The Balaban J connectivity index is 1.33. The normalized spacial score (nSPS) is 13.2. The van der Waals surface area contributed by atoms with E-state index >= 15 is 0 Å². The second-order valence-electron chi connectivity index (χ2n) is 8.65. The summed E-state index contributed by atoms with van der Waals surface area (Å²) in [6.45, 7) is 1.47. The number of imide groups is 1. The van der Waals surface area contributed by atoms with Gasteiger partial charge in [-0.05, 0) is 67.6 Å². The van der Waals surface area contributed by atoms with Crippen LogP contribution in [0.1, 0.15) is 48.4 Å². The van der Waals surface area contributed by atoms with E-state index in [1.54, 1.807) is 60.7 Å². The lowest BCUT2D eigenvalue weighted by Crippen LogP contribution is -2.29. The van der Waals surface area contributed by atoms with Gasteiger partial charge in [-0.1, -0.05) is 53.5 Å². The van der Waals surface area contributed by atoms with Gasteiger partial charge in [-0.3, -0.25) is 14.4 Å². The Labute approximate surface area is 233 Å². The van der Waals surface area contributed by atoms with Crippen LogP contribution in [0.15, 0.2) is 91.0 Å². The molecular weight excluding hydrogens is 541 g/mol. The third kappa shape index (κ3) is 5.27. The zero-order valence-corrected chi connectivity index (χ0v) is 21.9. The van der Waals surface area contributed by atoms with Gasteiger partial charge in [0, 0.05) is 10.6 Å². The van der Waals surface area contributed by atoms with E-state index in [0.717, 1.165) is 4.90 Å². The first-order chi connectivity index (χ1) is 18.7. The third-order valence-corrected chi connectivity index (χ3v) is 6.60. The predicted octanol–water partition coefficient (Wildman–Crippen LogP) is 7.01. The number of hydrogen-bond acceptors (Lipinski definition) is 6. The number of rotatable bonds is 7. The van der Waals surface area contributed by atoms with Crippen LogP contribution in [-0.4, -0.2) is 29.7 Å². The summed E-state index contributed by atoms with van der Waals surface area (Å²) in [6.07, 6.45) is -1.04. The molecule has 2 amide bonds. The SMILES string of the molecule is C[C@@H](OC(=O)c1ccc2c(c1)C(=O)N(c1ccc(Oc3ccc(Cl)cc3)c(Cl)c1)C2=O)C(=O)c1ccccc1. The van der Waals surface area contributed by atoms with E-state index in [1.807, 2.05) is 0 Å². The maximum absolute atomic E-state index is 13.2. The van der Waals surface area contributed by atoms with E-state index in [1.165, 1.54) is 37.3 Å². The molecule has 0 bridgehead atoms. The number of halogens is 2. The minimum atomic E-state index is -1.04. The van der Waals surface area contributed by atoms with Gasteiger partial charge in [0.1, 0.15) is 11.5 Å². The zero-order chi connectivity index (χ0) is 27.7. The molecule has 5 rings (SSSR count). The Bertz CT molecular complexity index is 1620. The molecule has 4 aromatic carbocycles. The summed E-state index contributed by atoms with van der Waals surface area (Å²) >= 11 is 12.3. The molecule has 0 aromatic heterocycles. The Morgan fingerprint density at radius 1 is 0.769 bits per heavy atom. The molecule has 0 saturated carbocycles. The van der Waals surface area contributed by atoms with Gasteiger partial charge in [0.05, 0.1) is 27.4 Å². The highest BCUT2D eigenvalue weighted by Crippen LogP contribution is 2.36. The molecule has 0 N–H and O–H groups in total. The summed E-state index contributed by atoms with van der Waals surface area (Å²) < 4.78 is 11.1. The van der Waals surface area contributed by atoms with Crippen LogP contribution in [0, 0.1) is 0 Å². The highest BCUT2D eigenvalue weighted by Gasteiger charge is 2.37. The quantitative estimate of drug-likeness (QED) is 0.137. The molecule has 0 fully saturated rings. The minimum absolute atomic E-state index is 0.0362. The van der Waals surface area contributed by atoms with Gasteiger partial charge in [-0.2, -0.15) is 0 Å². The summed E-state index contributed by atoms with van der Waals surface area (Å²) in [6, 6.07) is 23.7. The number of benzene rings is 4. The predicted molar refractivity (Wildman–Crippen MR) is 146 cm³/mol. The van der Waals surface area contributed by atoms with Crippen LogP contribution in [-0.2, 0) is 4.74 Å². The van der Waals surface area contributed by atoms with Crippen LogP contribution in [0.2, 0.25) is 10.0 Å². The Hall–Kier alpha value is -4.46. The summed E-state index contributed by atoms with van der Waals surface area (Å²) in [4.78, 5) is 52.6. The number of esters is 1. The topological polar surface area (TPSA) is 90.0 Å². The van der Waals surface area contributed by atoms with E-state index < -0.39 is 23.9 Å². The van der Waals surface area contributed by atoms with Crippen molar-refractivity contribution >= 4 is 52.5 Å². The number of fused-ring (bicyclic) bond motifs is 1. The van der Waals surface area contributed by atoms with Crippen molar-refractivity contribution in [2.75, 3.05) is 4.90 Å². The summed E-state index contributed by atoms with van der Waals surface area (Å²) in [5, 5.41) is 0.737. The first-order valence-electron chi connectivity index (χ1n) is 11.8. The van der Waals surface area contributed by atoms with Crippen molar-refractivity contribution in [1.29, 1.82) is 0 Å². The molecule has 0 radical (unpaired) electrons. The molecule has 0 unspecified atom stereocenters. The Kier molecular flexibility index (Phi) is 7.19. The smallest absolute Gasteiger partial charge is 0.338 e. The highest BCUT2D eigenvalue weighted by atomic mass is 35.5. The molecule has 1 atom stereocenters. The van der Waals surface area contributed by atoms with Crippen LogP contribution in [0.4, 0.5) is 5.69 Å². The van der Waals surface area contributed by atoms with Gasteiger partial charge in [0.2, 0.25) is 5.78 Å². The molecule has 194 valence electrons. The second-order valence-corrected chi connectivity index (χ2v) is 9.50. The fourth-order valence-electron chi connectivity index (χ4n) is 4.06. The molecular formula is C30H19Cl2NO6. The van der Waals surface area contributed by atoms with Gasteiger partial charge in [-0.15, -0.1) is 0 Å². The van der Waals surface area contributed by atoms with Gasteiger partial charge in [0.15, 0.2) is 6.10 Å². The van der Waals surface area contributed by atoms with Crippen molar-refractivity contribution < 1.29 is 28.7 Å². The molecule has 0 spiro atoms. The molecule has 1 heterocycles. The van der Waals surface area contributed by atoms with Crippen molar-refractivity contribution in [3.8, 4) is 11.5 Å². The van der Waals surface area contributed by atoms with Crippen LogP contribution in [0.25, 0.3) is 0 Å². The van der Waals surface area contributed by atoms with Crippen molar-refractivity contribution in [1.82, 2.24) is 0 Å². The van der Waals surface area contributed by atoms with Crippen LogP contribution < -0.4 is 9.64 Å². The molecule has 4 aromatic rings. The van der Waals surface area contributed by atoms with E-state index in [9.17, 15) is 19.2 Å². The Morgan fingerprint density at radius 2 is 1.46 bits per heavy atom. The number of anilines is 1. The molecule has 39 heavy (non-hydrogen) atoms. The number of carbonyl (C=O) groups is 4. The van der Waals surface area contributed by atoms with Gasteiger partial charge in [-0.25, -0.2) is 9.69 Å². The lowest BCUT2D eigenvalue weighted by molar-refractivity contribution is 0.0318. The second kappa shape index (κ2) is 10.7.